The molecule has 0 saturated heterocycles. The molecule has 0 amide bonds. The number of hydrogen-bond acceptors (Lipinski definition) is 2. The Kier molecular flexibility index (Phi) is 8.89. The molecule has 1 heterocycles. The zero-order chi connectivity index (χ0) is 26.9. The molecule has 0 N–H and O–H groups in total. The molecule has 1 aliphatic heterocycles. The predicted octanol–water partition coefficient (Wildman–Crippen LogP) is 9.86. The third-order valence-corrected chi connectivity index (χ3v) is 6.52. The van der Waals surface area contributed by atoms with Crippen LogP contribution in [0, 0.1) is 0 Å². The maximum atomic E-state index is 5.12. The number of benzene rings is 3. The van der Waals surface area contributed by atoms with Gasteiger partial charge in [-0.15, -0.1) is 0 Å². The summed E-state index contributed by atoms with van der Waals surface area (Å²) in [5.74, 6) is 0.955. The second-order valence-electron chi connectivity index (χ2n) is 9.56. The molecule has 190 valence electrons. The van der Waals surface area contributed by atoms with Crippen molar-refractivity contribution in [2.24, 2.45) is 4.99 Å². The number of para-hydroxylation sites is 2. The van der Waals surface area contributed by atoms with E-state index < -0.39 is 0 Å². The van der Waals surface area contributed by atoms with E-state index in [1.54, 1.807) is 0 Å². The highest BCUT2D eigenvalue weighted by molar-refractivity contribution is 6.13. The Balaban J connectivity index is 1.61. The molecule has 3 aromatic rings. The van der Waals surface area contributed by atoms with Crippen LogP contribution in [0.4, 0.5) is 11.4 Å². The number of fused-ring (bicyclic) bond motifs is 1. The van der Waals surface area contributed by atoms with Crippen LogP contribution in [0.2, 0.25) is 0 Å². The van der Waals surface area contributed by atoms with Crippen LogP contribution in [-0.2, 0) is 6.54 Å². The first-order valence-electron chi connectivity index (χ1n) is 13.1. The van der Waals surface area contributed by atoms with E-state index in [2.05, 4.69) is 148 Å². The van der Waals surface area contributed by atoms with Crippen molar-refractivity contribution in [1.82, 2.24) is 0 Å². The fourth-order valence-electron chi connectivity index (χ4n) is 4.50. The normalized spacial score (nSPS) is 14.4. The number of rotatable bonds is 8. The van der Waals surface area contributed by atoms with Gasteiger partial charge in [-0.1, -0.05) is 121 Å². The lowest BCUT2D eigenvalue weighted by atomic mass is 10.0. The molecule has 3 aromatic carbocycles. The van der Waals surface area contributed by atoms with Crippen LogP contribution >= 0.6 is 0 Å². The predicted molar refractivity (Wildman–Crippen MR) is 167 cm³/mol. The van der Waals surface area contributed by atoms with Crippen LogP contribution in [0.25, 0.3) is 11.1 Å². The lowest BCUT2D eigenvalue weighted by Gasteiger charge is -2.32. The molecule has 0 bridgehead atoms. The Labute approximate surface area is 228 Å². The van der Waals surface area contributed by atoms with Gasteiger partial charge in [-0.3, -0.25) is 0 Å². The fourth-order valence-corrected chi connectivity index (χ4v) is 4.50. The van der Waals surface area contributed by atoms with E-state index in [1.807, 2.05) is 13.0 Å². The lowest BCUT2D eigenvalue weighted by Crippen LogP contribution is -2.34. The summed E-state index contributed by atoms with van der Waals surface area (Å²) in [6, 6.07) is 25.5. The highest BCUT2D eigenvalue weighted by atomic mass is 15.2. The van der Waals surface area contributed by atoms with E-state index in [0.717, 1.165) is 40.5 Å². The molecular formula is C36H36N2. The van der Waals surface area contributed by atoms with Gasteiger partial charge in [0.15, 0.2) is 0 Å². The molecule has 2 nitrogen and oxygen atoms in total. The topological polar surface area (TPSA) is 15.6 Å². The second kappa shape index (κ2) is 12.7. The van der Waals surface area contributed by atoms with Crippen LogP contribution in [0.15, 0.2) is 139 Å². The maximum Gasteiger partial charge on any atom is 0.141 e. The van der Waals surface area contributed by atoms with Gasteiger partial charge < -0.3 is 4.90 Å². The van der Waals surface area contributed by atoms with E-state index in [0.29, 0.717) is 0 Å². The second-order valence-corrected chi connectivity index (χ2v) is 9.56. The molecule has 0 saturated carbocycles. The molecule has 0 unspecified atom stereocenters. The Bertz CT molecular complexity index is 1470. The Morgan fingerprint density at radius 3 is 2.24 bits per heavy atom. The van der Waals surface area contributed by atoms with Gasteiger partial charge in [0.25, 0.3) is 0 Å². The minimum absolute atomic E-state index is 0.766. The van der Waals surface area contributed by atoms with Crippen molar-refractivity contribution in [2.45, 2.75) is 34.2 Å². The zero-order valence-corrected chi connectivity index (χ0v) is 22.9. The molecule has 38 heavy (non-hydrogen) atoms. The molecule has 0 aromatic heterocycles. The minimum Gasteiger partial charge on any atom is -0.321 e. The molecule has 0 spiro atoms. The van der Waals surface area contributed by atoms with Gasteiger partial charge in [-0.2, -0.15) is 0 Å². The molecule has 4 rings (SSSR count). The van der Waals surface area contributed by atoms with Crippen molar-refractivity contribution in [2.75, 3.05) is 4.90 Å². The fraction of sp³-hybridized carbons (Fsp3) is 0.139. The Morgan fingerprint density at radius 2 is 1.50 bits per heavy atom. The van der Waals surface area contributed by atoms with Crippen LogP contribution < -0.4 is 4.90 Å². The van der Waals surface area contributed by atoms with E-state index in [1.165, 1.54) is 22.3 Å². The van der Waals surface area contributed by atoms with Crippen molar-refractivity contribution in [1.29, 1.82) is 0 Å². The van der Waals surface area contributed by atoms with Crippen LogP contribution in [0.1, 0.15) is 49.9 Å². The van der Waals surface area contributed by atoms with Gasteiger partial charge in [-0.05, 0) is 62.1 Å². The van der Waals surface area contributed by atoms with Crippen molar-refractivity contribution < 1.29 is 0 Å². The first-order chi connectivity index (χ1) is 18.5. The van der Waals surface area contributed by atoms with Gasteiger partial charge in [0.05, 0.1) is 17.9 Å². The Morgan fingerprint density at radius 1 is 0.816 bits per heavy atom. The highest BCUT2D eigenvalue weighted by Gasteiger charge is 2.24. The van der Waals surface area contributed by atoms with E-state index in [9.17, 15) is 0 Å². The van der Waals surface area contributed by atoms with Gasteiger partial charge in [0.1, 0.15) is 5.84 Å². The van der Waals surface area contributed by atoms with Crippen molar-refractivity contribution in [3.63, 3.8) is 0 Å². The van der Waals surface area contributed by atoms with Crippen molar-refractivity contribution in [3.8, 4) is 0 Å². The summed E-state index contributed by atoms with van der Waals surface area (Å²) in [5, 5.41) is 0. The van der Waals surface area contributed by atoms with Crippen molar-refractivity contribution >= 4 is 28.4 Å². The van der Waals surface area contributed by atoms with E-state index >= 15 is 0 Å². The lowest BCUT2D eigenvalue weighted by molar-refractivity contribution is 0.975. The SMILES string of the molecule is C=C(C)c1ccccc1N1Cc2ccccc2N=C1c1ccc(/C(C)=C/C=C/C=C/C=C(C)\C=C/C)cc1. The average molecular weight is 497 g/mol. The molecule has 0 fully saturated rings. The summed E-state index contributed by atoms with van der Waals surface area (Å²) in [6.07, 6.45) is 16.6. The third kappa shape index (κ3) is 6.46. The number of aliphatic imine (C=N–C) groups is 1. The van der Waals surface area contributed by atoms with Gasteiger partial charge in [-0.25, -0.2) is 4.99 Å². The smallest absolute Gasteiger partial charge is 0.141 e. The summed E-state index contributed by atoms with van der Waals surface area (Å²) < 4.78 is 0. The molecular weight excluding hydrogens is 460 g/mol. The number of allylic oxidation sites excluding steroid dienone is 11. The number of hydrogen-bond donors (Lipinski definition) is 0. The Hall–Kier alpha value is -4.43. The average Bonchev–Trinajstić information content (AvgIpc) is 2.94. The van der Waals surface area contributed by atoms with Crippen LogP contribution in [-0.4, -0.2) is 5.84 Å². The molecule has 0 aliphatic carbocycles. The first-order valence-corrected chi connectivity index (χ1v) is 13.1. The summed E-state index contributed by atoms with van der Waals surface area (Å²) in [7, 11) is 0. The van der Waals surface area contributed by atoms with Gasteiger partial charge in [0, 0.05) is 11.1 Å². The quantitative estimate of drug-likeness (QED) is 0.283. The molecule has 0 radical (unpaired) electrons. The molecule has 0 atom stereocenters. The summed E-state index contributed by atoms with van der Waals surface area (Å²) in [4.78, 5) is 7.43. The van der Waals surface area contributed by atoms with Crippen LogP contribution in [0.3, 0.4) is 0 Å². The number of nitrogens with zero attached hydrogens (tertiary/aromatic N) is 2. The third-order valence-electron chi connectivity index (χ3n) is 6.52. The summed E-state index contributed by atoms with van der Waals surface area (Å²) in [5.41, 5.74) is 10.3. The van der Waals surface area contributed by atoms with Gasteiger partial charge >= 0.3 is 0 Å². The zero-order valence-electron chi connectivity index (χ0n) is 22.9. The van der Waals surface area contributed by atoms with Crippen LogP contribution in [0.5, 0.6) is 0 Å². The van der Waals surface area contributed by atoms with E-state index in [-0.39, 0.29) is 0 Å². The minimum atomic E-state index is 0.766. The summed E-state index contributed by atoms with van der Waals surface area (Å²) in [6.45, 7) is 13.3. The molecule has 2 heteroatoms. The monoisotopic (exact) mass is 496 g/mol. The van der Waals surface area contributed by atoms with Crippen molar-refractivity contribution in [3.05, 3.63) is 156 Å². The summed E-state index contributed by atoms with van der Waals surface area (Å²) >= 11 is 0. The standard InChI is InChI=1S/C36H36N2/c1-6-15-28(4)16-9-7-8-10-17-29(5)30-22-24-31(25-23-30)36-37-34-20-13-11-18-32(34)26-38(36)35-21-14-12-19-33(35)27(2)3/h6-25H,2,26H2,1,3-5H3/b9-7+,10-8+,15-6-,28-16-,29-17+. The number of anilines is 1. The maximum absolute atomic E-state index is 5.12. The molecule has 1 aliphatic rings. The largest absolute Gasteiger partial charge is 0.321 e. The first kappa shape index (κ1) is 26.6. The van der Waals surface area contributed by atoms with E-state index in [4.69, 9.17) is 4.99 Å². The van der Waals surface area contributed by atoms with Gasteiger partial charge in [0.2, 0.25) is 0 Å². The number of amidine groups is 1. The highest BCUT2D eigenvalue weighted by Crippen LogP contribution is 2.35.